The van der Waals surface area contributed by atoms with Crippen LogP contribution >= 0.6 is 11.3 Å². The van der Waals surface area contributed by atoms with Crippen molar-refractivity contribution in [1.82, 2.24) is 9.62 Å². The van der Waals surface area contributed by atoms with Gasteiger partial charge in [0.05, 0.1) is 6.04 Å². The number of nitrogens with one attached hydrogen (secondary N) is 1. The van der Waals surface area contributed by atoms with Gasteiger partial charge in [0.2, 0.25) is 5.91 Å². The molecule has 1 aromatic rings. The number of carbonyl (C=O) groups excluding carboxylic acids is 1. The first-order chi connectivity index (χ1) is 9.94. The van der Waals surface area contributed by atoms with Gasteiger partial charge in [0.15, 0.2) is 0 Å². The van der Waals surface area contributed by atoms with E-state index in [4.69, 9.17) is 5.26 Å². The summed E-state index contributed by atoms with van der Waals surface area (Å²) in [5, 5.41) is 8.74. The van der Waals surface area contributed by atoms with Crippen molar-refractivity contribution in [1.29, 1.82) is 5.26 Å². The quantitative estimate of drug-likeness (QED) is 0.902. The molecule has 6 nitrogen and oxygen atoms in total. The van der Waals surface area contributed by atoms with E-state index < -0.39 is 16.1 Å². The first-order valence-corrected chi connectivity index (χ1v) is 9.05. The molecule has 21 heavy (non-hydrogen) atoms. The highest BCUT2D eigenvalue weighted by molar-refractivity contribution is 7.91. The molecule has 2 rings (SSSR count). The standard InChI is InChI=1S/C13H17N3O3S2/c1-10(13(17)16-7-3-2-4-8-16)15-21(18,19)12-6-5-11(9-14)20-12/h5-6,10,15H,2-4,7-8H2,1H3. The summed E-state index contributed by atoms with van der Waals surface area (Å²) in [6.07, 6.45) is 3.03. The molecule has 1 aliphatic heterocycles. The van der Waals surface area contributed by atoms with Crippen LogP contribution in [0.3, 0.4) is 0 Å². The molecule has 2 heterocycles. The number of likely N-dealkylation sites (tertiary alicyclic amines) is 1. The van der Waals surface area contributed by atoms with E-state index in [1.54, 1.807) is 11.8 Å². The zero-order valence-corrected chi connectivity index (χ0v) is 13.3. The van der Waals surface area contributed by atoms with Crippen LogP contribution in [-0.2, 0) is 14.8 Å². The Kier molecular flexibility index (Phi) is 4.98. The lowest BCUT2D eigenvalue weighted by atomic mass is 10.1. The first-order valence-electron chi connectivity index (χ1n) is 6.75. The Morgan fingerprint density at radius 3 is 2.62 bits per heavy atom. The number of sulfonamides is 1. The van der Waals surface area contributed by atoms with E-state index in [1.165, 1.54) is 12.1 Å². The number of nitrogens with zero attached hydrogens (tertiary/aromatic N) is 2. The Morgan fingerprint density at radius 1 is 1.38 bits per heavy atom. The minimum Gasteiger partial charge on any atom is -0.341 e. The molecule has 0 saturated carbocycles. The van der Waals surface area contributed by atoms with Crippen molar-refractivity contribution < 1.29 is 13.2 Å². The molecule has 8 heteroatoms. The highest BCUT2D eigenvalue weighted by Crippen LogP contribution is 2.21. The summed E-state index contributed by atoms with van der Waals surface area (Å²) in [4.78, 5) is 14.2. The maximum atomic E-state index is 12.2. The average Bonchev–Trinajstić information content (AvgIpc) is 2.96. The van der Waals surface area contributed by atoms with Crippen molar-refractivity contribution in [3.63, 3.8) is 0 Å². The molecule has 114 valence electrons. The highest BCUT2D eigenvalue weighted by atomic mass is 32.2. The lowest BCUT2D eigenvalue weighted by Gasteiger charge is -2.29. The van der Waals surface area contributed by atoms with Crippen LogP contribution in [0.2, 0.25) is 0 Å². The van der Waals surface area contributed by atoms with Crippen LogP contribution in [0.4, 0.5) is 0 Å². The molecule has 1 unspecified atom stereocenters. The van der Waals surface area contributed by atoms with Crippen LogP contribution in [0.15, 0.2) is 16.3 Å². The monoisotopic (exact) mass is 327 g/mol. The van der Waals surface area contributed by atoms with Gasteiger partial charge in [-0.2, -0.15) is 9.98 Å². The lowest BCUT2D eigenvalue weighted by molar-refractivity contribution is -0.133. The van der Waals surface area contributed by atoms with Gasteiger partial charge in [-0.3, -0.25) is 4.79 Å². The number of hydrogen-bond donors (Lipinski definition) is 1. The van der Waals surface area contributed by atoms with Gasteiger partial charge < -0.3 is 4.90 Å². The van der Waals surface area contributed by atoms with Crippen LogP contribution < -0.4 is 4.72 Å². The van der Waals surface area contributed by atoms with Gasteiger partial charge in [0, 0.05) is 13.1 Å². The minimum atomic E-state index is -3.76. The summed E-state index contributed by atoms with van der Waals surface area (Å²) >= 11 is 0.893. The Hall–Kier alpha value is -1.43. The smallest absolute Gasteiger partial charge is 0.250 e. The second kappa shape index (κ2) is 6.56. The minimum absolute atomic E-state index is 0.0531. The maximum absolute atomic E-state index is 12.2. The van der Waals surface area contributed by atoms with E-state index in [-0.39, 0.29) is 10.1 Å². The summed E-state index contributed by atoms with van der Waals surface area (Å²) in [6, 6.07) is 3.93. The summed E-state index contributed by atoms with van der Waals surface area (Å²) in [5.41, 5.74) is 0. The molecule has 1 saturated heterocycles. The number of piperidine rings is 1. The van der Waals surface area contributed by atoms with Gasteiger partial charge in [-0.1, -0.05) is 0 Å². The van der Waals surface area contributed by atoms with Crippen molar-refractivity contribution in [3.05, 3.63) is 17.0 Å². The summed E-state index contributed by atoms with van der Waals surface area (Å²) < 4.78 is 26.8. The second-order valence-electron chi connectivity index (χ2n) is 4.96. The van der Waals surface area contributed by atoms with Crippen molar-refractivity contribution in [3.8, 4) is 6.07 Å². The van der Waals surface area contributed by atoms with E-state index >= 15 is 0 Å². The predicted molar refractivity (Wildman–Crippen MR) is 79.2 cm³/mol. The van der Waals surface area contributed by atoms with Gasteiger partial charge in [-0.25, -0.2) is 8.42 Å². The Balaban J connectivity index is 2.05. The zero-order chi connectivity index (χ0) is 15.5. The SMILES string of the molecule is CC(NS(=O)(=O)c1ccc(C#N)s1)C(=O)N1CCCCC1. The Bertz CT molecular complexity index is 654. The molecule has 1 amide bonds. The molecule has 0 spiro atoms. The summed E-state index contributed by atoms with van der Waals surface area (Å²) in [5.74, 6) is -0.199. The van der Waals surface area contributed by atoms with Crippen molar-refractivity contribution >= 4 is 27.3 Å². The fraction of sp³-hybridized carbons (Fsp3) is 0.538. The van der Waals surface area contributed by atoms with Gasteiger partial charge in [-0.05, 0) is 38.3 Å². The molecule has 0 aromatic carbocycles. The third-order valence-corrected chi connectivity index (χ3v) is 6.35. The second-order valence-corrected chi connectivity index (χ2v) is 7.98. The molecule has 0 radical (unpaired) electrons. The van der Waals surface area contributed by atoms with E-state index in [9.17, 15) is 13.2 Å². The molecule has 1 fully saturated rings. The number of hydrogen-bond acceptors (Lipinski definition) is 5. The molecule has 0 aliphatic carbocycles. The number of carbonyl (C=O) groups is 1. The predicted octanol–water partition coefficient (Wildman–Crippen LogP) is 1.30. The molecule has 1 aliphatic rings. The fourth-order valence-corrected chi connectivity index (χ4v) is 4.57. The average molecular weight is 327 g/mol. The fourth-order valence-electron chi connectivity index (χ4n) is 2.25. The van der Waals surface area contributed by atoms with Gasteiger partial charge in [0.25, 0.3) is 10.0 Å². The highest BCUT2D eigenvalue weighted by Gasteiger charge is 2.27. The largest absolute Gasteiger partial charge is 0.341 e. The van der Waals surface area contributed by atoms with Gasteiger partial charge in [0.1, 0.15) is 15.2 Å². The van der Waals surface area contributed by atoms with Crippen LogP contribution in [0.1, 0.15) is 31.1 Å². The Labute approximate surface area is 128 Å². The summed E-state index contributed by atoms with van der Waals surface area (Å²) in [6.45, 7) is 2.91. The molecule has 1 N–H and O–H groups in total. The van der Waals surface area contributed by atoms with E-state index in [0.29, 0.717) is 18.0 Å². The van der Waals surface area contributed by atoms with Gasteiger partial charge >= 0.3 is 0 Å². The first kappa shape index (κ1) is 15.9. The van der Waals surface area contributed by atoms with E-state index in [2.05, 4.69) is 4.72 Å². The normalized spacial score (nSPS) is 17.2. The number of nitriles is 1. The summed E-state index contributed by atoms with van der Waals surface area (Å²) in [7, 11) is -3.76. The van der Waals surface area contributed by atoms with Crippen LogP contribution in [-0.4, -0.2) is 38.4 Å². The molecular weight excluding hydrogens is 310 g/mol. The van der Waals surface area contributed by atoms with E-state index in [0.717, 1.165) is 30.6 Å². The van der Waals surface area contributed by atoms with Crippen molar-refractivity contribution in [2.75, 3.05) is 13.1 Å². The van der Waals surface area contributed by atoms with Crippen LogP contribution in [0.5, 0.6) is 0 Å². The lowest BCUT2D eigenvalue weighted by Crippen LogP contribution is -2.48. The van der Waals surface area contributed by atoms with Gasteiger partial charge in [-0.15, -0.1) is 11.3 Å². The molecule has 1 atom stereocenters. The topological polar surface area (TPSA) is 90.3 Å². The third kappa shape index (κ3) is 3.81. The van der Waals surface area contributed by atoms with E-state index in [1.807, 2.05) is 6.07 Å². The van der Waals surface area contributed by atoms with Crippen LogP contribution in [0.25, 0.3) is 0 Å². The molecule has 1 aromatic heterocycles. The van der Waals surface area contributed by atoms with Crippen molar-refractivity contribution in [2.24, 2.45) is 0 Å². The number of amides is 1. The molecule has 0 bridgehead atoms. The van der Waals surface area contributed by atoms with Crippen LogP contribution in [0, 0.1) is 11.3 Å². The zero-order valence-electron chi connectivity index (χ0n) is 11.7. The number of rotatable bonds is 4. The molecular formula is C13H17N3O3S2. The van der Waals surface area contributed by atoms with Crippen molar-refractivity contribution in [2.45, 2.75) is 36.4 Å². The third-order valence-electron chi connectivity index (χ3n) is 3.33. The number of thiophene rings is 1. The maximum Gasteiger partial charge on any atom is 0.250 e. The Morgan fingerprint density at radius 2 is 2.05 bits per heavy atom.